The van der Waals surface area contributed by atoms with Crippen molar-refractivity contribution < 1.29 is 38.1 Å². The van der Waals surface area contributed by atoms with E-state index in [9.17, 15) is 14.4 Å². The molecule has 5 atom stereocenters. The van der Waals surface area contributed by atoms with Gasteiger partial charge in [0.15, 0.2) is 11.6 Å². The zero-order chi connectivity index (χ0) is 25.9. The zero-order valence-electron chi connectivity index (χ0n) is 21.3. The number of carbonyl (C=O) groups is 3. The van der Waals surface area contributed by atoms with E-state index in [2.05, 4.69) is 6.58 Å². The number of rotatable bonds is 9. The van der Waals surface area contributed by atoms with Gasteiger partial charge in [-0.1, -0.05) is 25.1 Å². The minimum atomic E-state index is -1.55. The maximum Gasteiger partial charge on any atom is 0.320 e. The maximum atomic E-state index is 13.8. The highest BCUT2D eigenvalue weighted by Crippen LogP contribution is 2.62. The number of ketones is 2. The number of carbonyl (C=O) groups excluding carboxylic acids is 3. The number of esters is 1. The van der Waals surface area contributed by atoms with Crippen LogP contribution in [-0.4, -0.2) is 57.4 Å². The Kier molecular flexibility index (Phi) is 7.97. The summed E-state index contributed by atoms with van der Waals surface area (Å²) in [4.78, 5) is 41.2. The highest BCUT2D eigenvalue weighted by Gasteiger charge is 2.73. The van der Waals surface area contributed by atoms with Crippen molar-refractivity contribution in [1.82, 2.24) is 0 Å². The Morgan fingerprint density at radius 2 is 1.86 bits per heavy atom. The van der Waals surface area contributed by atoms with Gasteiger partial charge in [-0.25, -0.2) is 0 Å². The number of ether oxygens (including phenoxy) is 5. The van der Waals surface area contributed by atoms with Crippen molar-refractivity contribution in [3.63, 3.8) is 0 Å². The fourth-order valence-corrected chi connectivity index (χ4v) is 6.71. The number of benzene rings is 1. The summed E-state index contributed by atoms with van der Waals surface area (Å²) >= 11 is 0. The molecule has 8 heteroatoms. The monoisotopic (exact) mass is 500 g/mol. The summed E-state index contributed by atoms with van der Waals surface area (Å²) in [5, 5.41) is 0. The first kappa shape index (κ1) is 26.5. The second kappa shape index (κ2) is 10.8. The quantitative estimate of drug-likeness (QED) is 0.220. The Labute approximate surface area is 212 Å². The molecule has 1 aliphatic heterocycles. The van der Waals surface area contributed by atoms with Crippen LogP contribution in [0.4, 0.5) is 0 Å². The smallest absolute Gasteiger partial charge is 0.320 e. The van der Waals surface area contributed by atoms with Gasteiger partial charge in [-0.05, 0) is 36.5 Å². The number of hydrogen-bond acceptors (Lipinski definition) is 8. The van der Waals surface area contributed by atoms with Crippen LogP contribution in [0.25, 0.3) is 0 Å². The van der Waals surface area contributed by atoms with Gasteiger partial charge < -0.3 is 23.7 Å². The van der Waals surface area contributed by atoms with Crippen LogP contribution in [0.1, 0.15) is 38.2 Å². The van der Waals surface area contributed by atoms with E-state index >= 15 is 0 Å². The molecule has 2 aliphatic carbocycles. The van der Waals surface area contributed by atoms with Crippen molar-refractivity contribution in [2.45, 2.75) is 45.0 Å². The van der Waals surface area contributed by atoms with Gasteiger partial charge in [0.1, 0.15) is 16.9 Å². The van der Waals surface area contributed by atoms with Crippen molar-refractivity contribution in [1.29, 1.82) is 0 Å². The average Bonchev–Trinajstić information content (AvgIpc) is 3.37. The first-order chi connectivity index (χ1) is 17.4. The number of allylic oxidation sites excluding steroid dienone is 1. The zero-order valence-corrected chi connectivity index (χ0v) is 21.3. The Hall–Kier alpha value is -2.55. The van der Waals surface area contributed by atoms with Crippen LogP contribution in [0.5, 0.6) is 5.75 Å². The van der Waals surface area contributed by atoms with Crippen molar-refractivity contribution in [2.24, 2.45) is 29.1 Å². The Morgan fingerprint density at radius 1 is 1.17 bits per heavy atom. The van der Waals surface area contributed by atoms with E-state index < -0.39 is 40.8 Å². The maximum absolute atomic E-state index is 13.8. The predicted molar refractivity (Wildman–Crippen MR) is 130 cm³/mol. The van der Waals surface area contributed by atoms with E-state index in [0.717, 1.165) is 11.3 Å². The molecule has 1 aromatic rings. The third-order valence-electron chi connectivity index (χ3n) is 8.25. The van der Waals surface area contributed by atoms with Gasteiger partial charge in [-0.15, -0.1) is 6.58 Å². The number of hydrogen-bond donors (Lipinski definition) is 0. The molecule has 1 heterocycles. The lowest BCUT2D eigenvalue weighted by Gasteiger charge is -2.58. The van der Waals surface area contributed by atoms with Gasteiger partial charge >= 0.3 is 5.97 Å². The largest absolute Gasteiger partial charge is 0.497 e. The van der Waals surface area contributed by atoms with Gasteiger partial charge in [0.05, 0.1) is 34.0 Å². The molecular formula is C28H36O8. The SMILES string of the molecule is C=CC[C@H]1C(=O)[C@H](C)[C@@H](CCOCc2ccc(OC)cc2)[C@]2(C(=O)OC)C(=O)CCC3(OCCO3)[C@H]12. The van der Waals surface area contributed by atoms with E-state index in [1.165, 1.54) is 7.11 Å². The first-order valence-corrected chi connectivity index (χ1v) is 12.6. The molecule has 1 spiro atoms. The molecule has 3 fully saturated rings. The van der Waals surface area contributed by atoms with E-state index in [1.54, 1.807) is 20.1 Å². The molecule has 0 N–H and O–H groups in total. The average molecular weight is 501 g/mol. The van der Waals surface area contributed by atoms with Gasteiger partial charge in [0.25, 0.3) is 0 Å². The minimum Gasteiger partial charge on any atom is -0.497 e. The lowest BCUT2D eigenvalue weighted by Crippen LogP contribution is -2.70. The summed E-state index contributed by atoms with van der Waals surface area (Å²) in [7, 11) is 2.90. The Balaban J connectivity index is 1.66. The Morgan fingerprint density at radius 3 is 2.47 bits per heavy atom. The van der Waals surface area contributed by atoms with Gasteiger partial charge in [-0.2, -0.15) is 0 Å². The molecule has 8 nitrogen and oxygen atoms in total. The second-order valence-electron chi connectivity index (χ2n) is 9.89. The number of methoxy groups -OCH3 is 2. The highest BCUT2D eigenvalue weighted by atomic mass is 16.7. The van der Waals surface area contributed by atoms with Crippen molar-refractivity contribution in [2.75, 3.05) is 34.0 Å². The molecule has 3 aliphatic rings. The van der Waals surface area contributed by atoms with Crippen molar-refractivity contribution in [3.8, 4) is 5.75 Å². The molecule has 1 saturated heterocycles. The molecule has 0 amide bonds. The van der Waals surface area contributed by atoms with Crippen LogP contribution in [0.2, 0.25) is 0 Å². The first-order valence-electron chi connectivity index (χ1n) is 12.6. The van der Waals surface area contributed by atoms with Gasteiger partial charge in [0, 0.05) is 37.2 Å². The fraction of sp³-hybridized carbons (Fsp3) is 0.607. The molecule has 1 aromatic carbocycles. The second-order valence-corrected chi connectivity index (χ2v) is 9.89. The lowest BCUT2D eigenvalue weighted by atomic mass is 9.45. The van der Waals surface area contributed by atoms with Gasteiger partial charge in [0.2, 0.25) is 0 Å². The van der Waals surface area contributed by atoms with Crippen LogP contribution >= 0.6 is 0 Å². The topological polar surface area (TPSA) is 97.4 Å². The molecule has 0 bridgehead atoms. The minimum absolute atomic E-state index is 0.00671. The standard InChI is InChI=1S/C28H36O8/c1-5-6-21-24(30)18(2)22(12-14-34-17-19-7-9-20(32-3)10-8-19)28(26(31)33-4)23(29)11-13-27(25(21)28)35-15-16-36-27/h5,7-10,18,21-22,25H,1,6,11-17H2,2-4H3/t18-,21+,22-,25+,28+/m1/s1. The predicted octanol–water partition coefficient (Wildman–Crippen LogP) is 3.51. The molecule has 0 aromatic heterocycles. The van der Waals surface area contributed by atoms with E-state index in [-0.39, 0.29) is 24.6 Å². The third kappa shape index (κ3) is 4.29. The van der Waals surface area contributed by atoms with Crippen LogP contribution in [-0.2, 0) is 39.9 Å². The lowest BCUT2D eigenvalue weighted by molar-refractivity contribution is -0.267. The molecular weight excluding hydrogens is 464 g/mol. The van der Waals surface area contributed by atoms with Gasteiger partial charge in [-0.3, -0.25) is 14.4 Å². The van der Waals surface area contributed by atoms with E-state index in [1.807, 2.05) is 24.3 Å². The molecule has 36 heavy (non-hydrogen) atoms. The van der Waals surface area contributed by atoms with Crippen LogP contribution < -0.4 is 4.74 Å². The molecule has 2 saturated carbocycles. The molecule has 0 radical (unpaired) electrons. The summed E-state index contributed by atoms with van der Waals surface area (Å²) in [6.45, 7) is 6.96. The summed E-state index contributed by atoms with van der Waals surface area (Å²) in [6, 6.07) is 7.55. The number of fused-ring (bicyclic) bond motifs is 2. The van der Waals surface area contributed by atoms with Crippen molar-refractivity contribution in [3.05, 3.63) is 42.5 Å². The Bertz CT molecular complexity index is 970. The van der Waals surface area contributed by atoms with Crippen LogP contribution in [0.15, 0.2) is 36.9 Å². The summed E-state index contributed by atoms with van der Waals surface area (Å²) < 4.78 is 28.7. The summed E-state index contributed by atoms with van der Waals surface area (Å²) in [5.74, 6) is -3.81. The summed E-state index contributed by atoms with van der Waals surface area (Å²) in [5.41, 5.74) is -0.586. The fourth-order valence-electron chi connectivity index (χ4n) is 6.71. The third-order valence-corrected chi connectivity index (χ3v) is 8.25. The van der Waals surface area contributed by atoms with Crippen LogP contribution in [0, 0.1) is 29.1 Å². The normalized spacial score (nSPS) is 31.2. The van der Waals surface area contributed by atoms with Crippen LogP contribution in [0.3, 0.4) is 0 Å². The number of Topliss-reactive ketones (excluding diaryl/α,β-unsaturated/α-hetero) is 2. The highest BCUT2D eigenvalue weighted by molar-refractivity contribution is 6.08. The molecule has 4 rings (SSSR count). The van der Waals surface area contributed by atoms with E-state index in [4.69, 9.17) is 23.7 Å². The molecule has 196 valence electrons. The summed E-state index contributed by atoms with van der Waals surface area (Å²) in [6.07, 6.45) is 2.77. The molecule has 0 unspecified atom stereocenters. The van der Waals surface area contributed by atoms with Crippen molar-refractivity contribution >= 4 is 17.5 Å². The van der Waals surface area contributed by atoms with E-state index in [0.29, 0.717) is 39.1 Å².